The molecule has 0 aliphatic carbocycles. The fraction of sp³-hybridized carbons (Fsp3) is 0.440. The second-order valence-corrected chi connectivity index (χ2v) is 8.46. The zero-order chi connectivity index (χ0) is 23.5. The van der Waals surface area contributed by atoms with Gasteiger partial charge in [0.1, 0.15) is 5.75 Å². The van der Waals surface area contributed by atoms with Crippen LogP contribution in [0, 0.1) is 6.92 Å². The number of anilines is 3. The summed E-state index contributed by atoms with van der Waals surface area (Å²) in [6, 6.07) is 9.29. The first-order valence-electron chi connectivity index (χ1n) is 11.7. The van der Waals surface area contributed by atoms with Gasteiger partial charge >= 0.3 is 11.7 Å². The van der Waals surface area contributed by atoms with Crippen LogP contribution in [0.15, 0.2) is 35.1 Å². The number of nitrogens with zero attached hydrogens (tertiary/aromatic N) is 3. The van der Waals surface area contributed by atoms with Gasteiger partial charge in [0.05, 0.1) is 35.2 Å². The quantitative estimate of drug-likeness (QED) is 0.564. The molecule has 2 aromatic carbocycles. The molecule has 2 heterocycles. The maximum absolute atomic E-state index is 13.0. The van der Waals surface area contributed by atoms with E-state index < -0.39 is 0 Å². The van der Waals surface area contributed by atoms with E-state index in [1.54, 1.807) is 16.2 Å². The van der Waals surface area contributed by atoms with Gasteiger partial charge in [-0.3, -0.25) is 9.13 Å². The molecule has 2 amide bonds. The fourth-order valence-corrected chi connectivity index (χ4v) is 4.65. The second kappa shape index (κ2) is 9.60. The Hall–Kier alpha value is -3.42. The number of aromatic nitrogens is 2. The molecule has 4 rings (SSSR count). The number of hydrogen-bond donors (Lipinski definition) is 2. The average molecular weight is 452 g/mol. The highest BCUT2D eigenvalue weighted by Gasteiger charge is 2.21. The number of piperidine rings is 1. The SMILES string of the molecule is CCn1c(=O)n(CC)c2cc(N3CCCCC3)c(NC(=O)Nc3cc(C)ccc3OC)cc21. The summed E-state index contributed by atoms with van der Waals surface area (Å²) < 4.78 is 8.95. The number of carbonyl (C=O) groups is 1. The number of aryl methyl sites for hydroxylation is 3. The van der Waals surface area contributed by atoms with E-state index in [0.29, 0.717) is 30.2 Å². The number of ether oxygens (including phenoxy) is 1. The number of carbonyl (C=O) groups excluding carboxylic acids is 1. The molecule has 1 aliphatic rings. The summed E-state index contributed by atoms with van der Waals surface area (Å²) in [4.78, 5) is 28.3. The Morgan fingerprint density at radius 1 is 0.939 bits per heavy atom. The van der Waals surface area contributed by atoms with Crippen LogP contribution in [0.1, 0.15) is 38.7 Å². The highest BCUT2D eigenvalue weighted by molar-refractivity contribution is 6.04. The van der Waals surface area contributed by atoms with Gasteiger partial charge in [0.25, 0.3) is 0 Å². The molecule has 3 aromatic rings. The molecule has 0 unspecified atom stereocenters. The standard InChI is InChI=1S/C25H33N5O3/c1-5-29-21-15-18(26-24(31)27-19-14-17(3)10-11-23(19)33-4)20(28-12-8-7-9-13-28)16-22(21)30(6-2)25(29)32/h10-11,14-16H,5-9,12-13H2,1-4H3,(H2,26,27,31). The largest absolute Gasteiger partial charge is 0.495 e. The van der Waals surface area contributed by atoms with Crippen molar-refractivity contribution < 1.29 is 9.53 Å². The van der Waals surface area contributed by atoms with Crippen LogP contribution in [0.25, 0.3) is 11.0 Å². The van der Waals surface area contributed by atoms with Crippen molar-refractivity contribution in [3.63, 3.8) is 0 Å². The van der Waals surface area contributed by atoms with Gasteiger partial charge in [-0.2, -0.15) is 0 Å². The van der Waals surface area contributed by atoms with Crippen molar-refractivity contribution in [2.45, 2.75) is 53.1 Å². The first-order chi connectivity index (χ1) is 16.0. The Morgan fingerprint density at radius 2 is 1.58 bits per heavy atom. The number of nitrogens with one attached hydrogen (secondary N) is 2. The predicted octanol–water partition coefficient (Wildman–Crippen LogP) is 4.79. The Bertz CT molecular complexity index is 1220. The number of imidazole rings is 1. The lowest BCUT2D eigenvalue weighted by Crippen LogP contribution is -2.31. The second-order valence-electron chi connectivity index (χ2n) is 8.46. The van der Waals surface area contributed by atoms with Crippen molar-refractivity contribution in [2.75, 3.05) is 35.7 Å². The molecule has 176 valence electrons. The molecule has 2 N–H and O–H groups in total. The van der Waals surface area contributed by atoms with Crippen LogP contribution in [0.5, 0.6) is 5.75 Å². The van der Waals surface area contributed by atoms with Crippen LogP contribution in [0.4, 0.5) is 21.9 Å². The van der Waals surface area contributed by atoms with Gasteiger partial charge in [-0.1, -0.05) is 6.07 Å². The molecule has 1 aromatic heterocycles. The Balaban J connectivity index is 1.75. The number of rotatable bonds is 6. The van der Waals surface area contributed by atoms with Gasteiger partial charge in [0.15, 0.2) is 0 Å². The topological polar surface area (TPSA) is 80.5 Å². The highest BCUT2D eigenvalue weighted by atomic mass is 16.5. The fourth-order valence-electron chi connectivity index (χ4n) is 4.65. The molecule has 1 saturated heterocycles. The van der Waals surface area contributed by atoms with Gasteiger partial charge in [0.2, 0.25) is 0 Å². The van der Waals surface area contributed by atoms with Gasteiger partial charge in [-0.15, -0.1) is 0 Å². The van der Waals surface area contributed by atoms with Gasteiger partial charge in [-0.25, -0.2) is 9.59 Å². The minimum atomic E-state index is -0.350. The Kier molecular flexibility index (Phi) is 6.62. The van der Waals surface area contributed by atoms with E-state index in [-0.39, 0.29) is 11.7 Å². The first-order valence-corrected chi connectivity index (χ1v) is 11.7. The number of urea groups is 1. The van der Waals surface area contributed by atoms with Gasteiger partial charge < -0.3 is 20.3 Å². The van der Waals surface area contributed by atoms with Crippen LogP contribution < -0.4 is 26.0 Å². The summed E-state index contributed by atoms with van der Waals surface area (Å²) in [5.41, 5.74) is 4.98. The van der Waals surface area contributed by atoms with Crippen LogP contribution in [0.2, 0.25) is 0 Å². The van der Waals surface area contributed by atoms with Crippen molar-refractivity contribution >= 4 is 34.1 Å². The normalized spacial score (nSPS) is 13.9. The maximum Gasteiger partial charge on any atom is 0.329 e. The molecular weight excluding hydrogens is 418 g/mol. The lowest BCUT2D eigenvalue weighted by Gasteiger charge is -2.31. The van der Waals surface area contributed by atoms with Gasteiger partial charge in [-0.05, 0) is 69.9 Å². The zero-order valence-corrected chi connectivity index (χ0v) is 19.9. The third-order valence-corrected chi connectivity index (χ3v) is 6.32. The van der Waals surface area contributed by atoms with Crippen molar-refractivity contribution in [3.05, 3.63) is 46.4 Å². The lowest BCUT2D eigenvalue weighted by molar-refractivity contribution is 0.262. The van der Waals surface area contributed by atoms with E-state index in [1.165, 1.54) is 6.42 Å². The van der Waals surface area contributed by atoms with E-state index >= 15 is 0 Å². The summed E-state index contributed by atoms with van der Waals surface area (Å²) in [7, 11) is 1.58. The molecule has 0 spiro atoms. The summed E-state index contributed by atoms with van der Waals surface area (Å²) in [5, 5.41) is 5.96. The molecule has 0 radical (unpaired) electrons. The number of fused-ring (bicyclic) bond motifs is 1. The van der Waals surface area contributed by atoms with E-state index in [9.17, 15) is 9.59 Å². The third kappa shape index (κ3) is 4.42. The van der Waals surface area contributed by atoms with E-state index in [0.717, 1.165) is 48.2 Å². The van der Waals surface area contributed by atoms with E-state index in [4.69, 9.17) is 4.74 Å². The third-order valence-electron chi connectivity index (χ3n) is 6.32. The van der Waals surface area contributed by atoms with Crippen LogP contribution >= 0.6 is 0 Å². The molecule has 33 heavy (non-hydrogen) atoms. The molecule has 0 saturated carbocycles. The molecule has 8 nitrogen and oxygen atoms in total. The maximum atomic E-state index is 13.0. The molecule has 1 fully saturated rings. The predicted molar refractivity (Wildman–Crippen MR) is 134 cm³/mol. The first kappa shape index (κ1) is 22.8. The van der Waals surface area contributed by atoms with Crippen molar-refractivity contribution in [1.29, 1.82) is 0 Å². The number of benzene rings is 2. The summed E-state index contributed by atoms with van der Waals surface area (Å²) in [6.45, 7) is 8.93. The minimum absolute atomic E-state index is 0.0225. The Morgan fingerprint density at radius 3 is 2.21 bits per heavy atom. The smallest absolute Gasteiger partial charge is 0.329 e. The minimum Gasteiger partial charge on any atom is -0.495 e. The molecule has 0 bridgehead atoms. The molecule has 1 aliphatic heterocycles. The van der Waals surface area contributed by atoms with E-state index in [2.05, 4.69) is 21.6 Å². The van der Waals surface area contributed by atoms with E-state index in [1.807, 2.05) is 45.0 Å². The molecule has 8 heteroatoms. The zero-order valence-electron chi connectivity index (χ0n) is 19.9. The Labute approximate surface area is 194 Å². The lowest BCUT2D eigenvalue weighted by atomic mass is 10.1. The molecular formula is C25H33N5O3. The van der Waals surface area contributed by atoms with Gasteiger partial charge in [0, 0.05) is 26.2 Å². The number of hydrogen-bond acceptors (Lipinski definition) is 4. The van der Waals surface area contributed by atoms with Crippen molar-refractivity contribution in [3.8, 4) is 5.75 Å². The number of methoxy groups -OCH3 is 1. The average Bonchev–Trinajstić information content (AvgIpc) is 3.08. The number of amides is 2. The van der Waals surface area contributed by atoms with Crippen molar-refractivity contribution in [2.24, 2.45) is 0 Å². The monoisotopic (exact) mass is 451 g/mol. The van der Waals surface area contributed by atoms with Crippen LogP contribution in [-0.2, 0) is 13.1 Å². The summed E-state index contributed by atoms with van der Waals surface area (Å²) in [6.07, 6.45) is 3.43. The highest BCUT2D eigenvalue weighted by Crippen LogP contribution is 2.34. The van der Waals surface area contributed by atoms with Crippen LogP contribution in [0.3, 0.4) is 0 Å². The summed E-state index contributed by atoms with van der Waals surface area (Å²) >= 11 is 0. The van der Waals surface area contributed by atoms with Crippen LogP contribution in [-0.4, -0.2) is 35.4 Å². The summed E-state index contributed by atoms with van der Waals surface area (Å²) in [5.74, 6) is 0.599. The molecule has 0 atom stereocenters. The van der Waals surface area contributed by atoms with Crippen molar-refractivity contribution in [1.82, 2.24) is 9.13 Å².